The van der Waals surface area contributed by atoms with Gasteiger partial charge in [-0.05, 0) is 44.9 Å². The van der Waals surface area contributed by atoms with Crippen LogP contribution in [0.25, 0.3) is 0 Å². The topological polar surface area (TPSA) is 140 Å². The van der Waals surface area contributed by atoms with Crippen LogP contribution >= 0.6 is 0 Å². The Morgan fingerprint density at radius 1 is 1.08 bits per heavy atom. The number of sulfone groups is 1. The minimum atomic E-state index is -3.53. The smallest absolute Gasteiger partial charge is 0.223 e. The molecular formula is C17H28N6O2S. The predicted molar refractivity (Wildman–Crippen MR) is 107 cm³/mol. The van der Waals surface area contributed by atoms with Crippen molar-refractivity contribution >= 4 is 33.1 Å². The van der Waals surface area contributed by atoms with E-state index in [4.69, 9.17) is 17.2 Å². The number of aliphatic imine (C=N–C) groups is 2. The van der Waals surface area contributed by atoms with Gasteiger partial charge in [0, 0.05) is 18.8 Å². The Morgan fingerprint density at radius 3 is 2.23 bits per heavy atom. The molecule has 9 heteroatoms. The molecule has 0 aliphatic carbocycles. The summed E-state index contributed by atoms with van der Waals surface area (Å²) >= 11 is 0. The van der Waals surface area contributed by atoms with Crippen LogP contribution in [-0.4, -0.2) is 38.7 Å². The lowest BCUT2D eigenvalue weighted by atomic mass is 10.2. The molecule has 0 amide bonds. The third-order valence-corrected chi connectivity index (χ3v) is 6.52. The van der Waals surface area contributed by atoms with Crippen molar-refractivity contribution in [2.75, 3.05) is 18.0 Å². The fourth-order valence-corrected chi connectivity index (χ4v) is 4.06. The first kappa shape index (κ1) is 20.0. The highest BCUT2D eigenvalue weighted by Gasteiger charge is 2.24. The van der Waals surface area contributed by atoms with Crippen LogP contribution in [0.15, 0.2) is 33.1 Å². The Hall–Kier alpha value is -2.29. The van der Waals surface area contributed by atoms with Crippen molar-refractivity contribution in [2.24, 2.45) is 27.2 Å². The lowest BCUT2D eigenvalue weighted by Crippen LogP contribution is -2.26. The summed E-state index contributed by atoms with van der Waals surface area (Å²) in [5, 5.41) is -0.579. The Morgan fingerprint density at radius 2 is 1.69 bits per heavy atom. The molecule has 1 aliphatic rings. The minimum absolute atomic E-state index is 0.125. The summed E-state index contributed by atoms with van der Waals surface area (Å²) < 4.78 is 25.4. The summed E-state index contributed by atoms with van der Waals surface area (Å²) in [7, 11) is -3.53. The largest absolute Gasteiger partial charge is 0.371 e. The standard InChI is InChI=1S/C17H28N6O2S/c1-12(2)26(24,25)15-8-7-13(23-9-5-3-4-6-10-23)11-14(15)21-17(20)22-16(18)19/h7-8,11-12H,3-6,9-10H2,1-2H3,(H6,18,19,20,21,22). The van der Waals surface area contributed by atoms with E-state index in [1.165, 1.54) is 12.8 Å². The van der Waals surface area contributed by atoms with Gasteiger partial charge in [-0.1, -0.05) is 12.8 Å². The third kappa shape index (κ3) is 4.87. The zero-order valence-corrected chi connectivity index (χ0v) is 16.2. The summed E-state index contributed by atoms with van der Waals surface area (Å²) in [5.74, 6) is -0.415. The SMILES string of the molecule is CC(C)S(=O)(=O)c1ccc(N2CCCCCC2)cc1N=C(N)N=C(N)N. The molecule has 6 N–H and O–H groups in total. The number of hydrogen-bond donors (Lipinski definition) is 3. The van der Waals surface area contributed by atoms with E-state index in [-0.39, 0.29) is 22.5 Å². The molecule has 0 unspecified atom stereocenters. The highest BCUT2D eigenvalue weighted by Crippen LogP contribution is 2.32. The lowest BCUT2D eigenvalue weighted by Gasteiger charge is -2.23. The Balaban J connectivity index is 2.54. The molecule has 0 saturated carbocycles. The van der Waals surface area contributed by atoms with Gasteiger partial charge in [-0.2, -0.15) is 4.99 Å². The maximum atomic E-state index is 12.7. The number of anilines is 1. The van der Waals surface area contributed by atoms with E-state index in [9.17, 15) is 8.42 Å². The van der Waals surface area contributed by atoms with Crippen molar-refractivity contribution in [1.82, 2.24) is 0 Å². The predicted octanol–water partition coefficient (Wildman–Crippen LogP) is 1.47. The quantitative estimate of drug-likeness (QED) is 0.533. The van der Waals surface area contributed by atoms with Gasteiger partial charge in [0.25, 0.3) is 0 Å². The molecule has 0 spiro atoms. The first-order valence-electron chi connectivity index (χ1n) is 8.78. The molecule has 1 heterocycles. The molecular weight excluding hydrogens is 352 g/mol. The summed E-state index contributed by atoms with van der Waals surface area (Å²) in [6.07, 6.45) is 4.64. The van der Waals surface area contributed by atoms with E-state index in [2.05, 4.69) is 14.9 Å². The zero-order valence-electron chi connectivity index (χ0n) is 15.4. The van der Waals surface area contributed by atoms with Crippen LogP contribution in [0.2, 0.25) is 0 Å². The van der Waals surface area contributed by atoms with Crippen LogP contribution in [0, 0.1) is 0 Å². The van der Waals surface area contributed by atoms with Crippen molar-refractivity contribution in [3.63, 3.8) is 0 Å². The fourth-order valence-electron chi connectivity index (χ4n) is 2.89. The minimum Gasteiger partial charge on any atom is -0.371 e. The van der Waals surface area contributed by atoms with Gasteiger partial charge in [-0.15, -0.1) is 0 Å². The average molecular weight is 381 g/mol. The summed E-state index contributed by atoms with van der Waals surface area (Å²) in [4.78, 5) is 10.2. The van der Waals surface area contributed by atoms with Crippen molar-refractivity contribution in [3.8, 4) is 0 Å². The van der Waals surface area contributed by atoms with Gasteiger partial charge in [-0.25, -0.2) is 13.4 Å². The molecule has 1 aliphatic heterocycles. The normalized spacial score (nSPS) is 16.4. The van der Waals surface area contributed by atoms with Crippen molar-refractivity contribution in [3.05, 3.63) is 18.2 Å². The lowest BCUT2D eigenvalue weighted by molar-refractivity contribution is 0.587. The van der Waals surface area contributed by atoms with Crippen molar-refractivity contribution in [1.29, 1.82) is 0 Å². The highest BCUT2D eigenvalue weighted by molar-refractivity contribution is 7.92. The number of nitrogens with two attached hydrogens (primary N) is 3. The first-order chi connectivity index (χ1) is 12.2. The second kappa shape index (κ2) is 8.39. The van der Waals surface area contributed by atoms with Crippen molar-refractivity contribution < 1.29 is 8.42 Å². The molecule has 1 fully saturated rings. The van der Waals surface area contributed by atoms with E-state index in [1.807, 2.05) is 6.07 Å². The number of guanidine groups is 2. The van der Waals surface area contributed by atoms with E-state index in [0.717, 1.165) is 31.6 Å². The van der Waals surface area contributed by atoms with Crippen LogP contribution in [-0.2, 0) is 9.84 Å². The molecule has 1 saturated heterocycles. The van der Waals surface area contributed by atoms with Crippen LogP contribution < -0.4 is 22.1 Å². The Kier molecular flexibility index (Phi) is 6.47. The van der Waals surface area contributed by atoms with Gasteiger partial charge in [0.1, 0.15) is 0 Å². The third-order valence-electron chi connectivity index (χ3n) is 4.32. The number of benzene rings is 1. The maximum Gasteiger partial charge on any atom is 0.223 e. The van der Waals surface area contributed by atoms with Gasteiger partial charge in [0.05, 0.1) is 15.8 Å². The molecule has 2 rings (SSSR count). The molecule has 0 atom stereocenters. The fraction of sp³-hybridized carbons (Fsp3) is 0.529. The monoisotopic (exact) mass is 380 g/mol. The highest BCUT2D eigenvalue weighted by atomic mass is 32.2. The van der Waals surface area contributed by atoms with Crippen LogP contribution in [0.5, 0.6) is 0 Å². The Labute approximate surface area is 155 Å². The number of rotatable bonds is 4. The summed E-state index contributed by atoms with van der Waals surface area (Å²) in [6, 6.07) is 5.17. The van der Waals surface area contributed by atoms with Gasteiger partial charge in [0.15, 0.2) is 15.8 Å². The first-order valence-corrected chi connectivity index (χ1v) is 10.3. The average Bonchev–Trinajstić information content (AvgIpc) is 2.82. The van der Waals surface area contributed by atoms with Crippen molar-refractivity contribution in [2.45, 2.75) is 49.7 Å². The van der Waals surface area contributed by atoms with Crippen LogP contribution in [0.4, 0.5) is 11.4 Å². The molecule has 1 aromatic rings. The molecule has 144 valence electrons. The van der Waals surface area contributed by atoms with Crippen LogP contribution in [0.1, 0.15) is 39.5 Å². The molecule has 0 bridgehead atoms. The summed E-state index contributed by atoms with van der Waals surface area (Å²) in [5.41, 5.74) is 17.6. The van der Waals surface area contributed by atoms with E-state index < -0.39 is 15.1 Å². The number of hydrogen-bond acceptors (Lipinski definition) is 4. The Bertz CT molecular complexity index is 789. The zero-order chi connectivity index (χ0) is 19.3. The van der Waals surface area contributed by atoms with Gasteiger partial charge in [0.2, 0.25) is 5.96 Å². The van der Waals surface area contributed by atoms with E-state index >= 15 is 0 Å². The molecule has 8 nitrogen and oxygen atoms in total. The van der Waals surface area contributed by atoms with E-state index in [0.29, 0.717) is 0 Å². The summed E-state index contributed by atoms with van der Waals surface area (Å²) in [6.45, 7) is 5.13. The molecule has 0 radical (unpaired) electrons. The second-order valence-corrected chi connectivity index (χ2v) is 9.13. The van der Waals surface area contributed by atoms with E-state index in [1.54, 1.807) is 26.0 Å². The molecule has 0 aromatic heterocycles. The molecule has 26 heavy (non-hydrogen) atoms. The van der Waals surface area contributed by atoms with Gasteiger partial charge < -0.3 is 22.1 Å². The van der Waals surface area contributed by atoms with Gasteiger partial charge in [-0.3, -0.25) is 0 Å². The molecule has 1 aromatic carbocycles. The second-order valence-electron chi connectivity index (χ2n) is 6.65. The maximum absolute atomic E-state index is 12.7. The van der Waals surface area contributed by atoms with Crippen LogP contribution in [0.3, 0.4) is 0 Å². The number of nitrogens with zero attached hydrogens (tertiary/aromatic N) is 3. The van der Waals surface area contributed by atoms with Gasteiger partial charge >= 0.3 is 0 Å².